The molecule has 3 N–H and O–H groups in total. The molecule has 6 heteroatoms. The second kappa shape index (κ2) is 5.18. The number of nitrogens with one attached hydrogen (secondary N) is 1. The zero-order valence-corrected chi connectivity index (χ0v) is 8.73. The van der Waals surface area contributed by atoms with Gasteiger partial charge in [-0.25, -0.2) is 8.42 Å². The Hall–Kier alpha value is -0.620. The van der Waals surface area contributed by atoms with Gasteiger partial charge in [0.15, 0.2) is 0 Å². The smallest absolute Gasteiger partial charge is 0.237 e. The lowest BCUT2D eigenvalue weighted by molar-refractivity contribution is -0.122. The number of carbonyl (C=O) groups excluding carboxylic acids is 1. The van der Waals surface area contributed by atoms with E-state index < -0.39 is 21.8 Å². The van der Waals surface area contributed by atoms with E-state index in [4.69, 9.17) is 5.73 Å². The average Bonchev–Trinajstić information content (AvgIpc) is 2.01. The summed E-state index contributed by atoms with van der Waals surface area (Å²) in [5, 5.41) is 0. The molecular formula is C7H16N2O3S. The lowest BCUT2D eigenvalue weighted by Gasteiger charge is -2.09. The van der Waals surface area contributed by atoms with Gasteiger partial charge in [0.2, 0.25) is 15.9 Å². The van der Waals surface area contributed by atoms with E-state index in [1.54, 1.807) is 13.8 Å². The molecule has 0 saturated carbocycles. The lowest BCUT2D eigenvalue weighted by atomic mass is 10.2. The standard InChI is InChI=1S/C7H16N2O3S/c1-3-4-13(11,12)9-7(10)6(2)5-8/h6H,3-5,8H2,1-2H3,(H,9,10). The van der Waals surface area contributed by atoms with E-state index in [9.17, 15) is 13.2 Å². The van der Waals surface area contributed by atoms with Crippen LogP contribution in [0.25, 0.3) is 0 Å². The molecule has 0 aliphatic rings. The van der Waals surface area contributed by atoms with Gasteiger partial charge in [0.05, 0.1) is 5.75 Å². The summed E-state index contributed by atoms with van der Waals surface area (Å²) in [4.78, 5) is 11.1. The molecule has 13 heavy (non-hydrogen) atoms. The van der Waals surface area contributed by atoms with Crippen LogP contribution in [0.3, 0.4) is 0 Å². The van der Waals surface area contributed by atoms with Crippen molar-refractivity contribution in [3.63, 3.8) is 0 Å². The Kier molecular flexibility index (Phi) is 4.94. The molecule has 0 rings (SSSR count). The van der Waals surface area contributed by atoms with Crippen LogP contribution in [0.2, 0.25) is 0 Å². The van der Waals surface area contributed by atoms with Crippen LogP contribution in [-0.2, 0) is 14.8 Å². The van der Waals surface area contributed by atoms with E-state index in [1.807, 2.05) is 4.72 Å². The Bertz CT molecular complexity index is 261. The van der Waals surface area contributed by atoms with Crippen molar-refractivity contribution in [2.45, 2.75) is 20.3 Å². The molecule has 0 aliphatic heterocycles. The summed E-state index contributed by atoms with van der Waals surface area (Å²) in [6, 6.07) is 0. The number of amides is 1. The summed E-state index contributed by atoms with van der Waals surface area (Å²) in [7, 11) is -3.44. The zero-order chi connectivity index (χ0) is 10.5. The van der Waals surface area contributed by atoms with Crippen LogP contribution in [0.5, 0.6) is 0 Å². The molecule has 0 radical (unpaired) electrons. The number of carbonyl (C=O) groups is 1. The number of hydrogen-bond acceptors (Lipinski definition) is 4. The van der Waals surface area contributed by atoms with E-state index in [1.165, 1.54) is 0 Å². The van der Waals surface area contributed by atoms with Crippen LogP contribution in [-0.4, -0.2) is 26.6 Å². The third-order valence-electron chi connectivity index (χ3n) is 1.53. The van der Waals surface area contributed by atoms with Crippen LogP contribution in [0, 0.1) is 5.92 Å². The molecule has 0 fully saturated rings. The molecule has 0 saturated heterocycles. The summed E-state index contributed by atoms with van der Waals surface area (Å²) in [6.07, 6.45) is 0.486. The first kappa shape index (κ1) is 12.4. The summed E-state index contributed by atoms with van der Waals surface area (Å²) < 4.78 is 24.1. The van der Waals surface area contributed by atoms with Crippen molar-refractivity contribution in [2.24, 2.45) is 11.7 Å². The number of hydrogen-bond donors (Lipinski definition) is 2. The van der Waals surface area contributed by atoms with Gasteiger partial charge in [-0.15, -0.1) is 0 Å². The number of sulfonamides is 1. The molecular weight excluding hydrogens is 192 g/mol. The highest BCUT2D eigenvalue weighted by Crippen LogP contribution is 1.94. The molecule has 0 aromatic heterocycles. The monoisotopic (exact) mass is 208 g/mol. The van der Waals surface area contributed by atoms with E-state index in [0.717, 1.165) is 0 Å². The van der Waals surface area contributed by atoms with Crippen molar-refractivity contribution in [1.82, 2.24) is 4.72 Å². The fourth-order valence-corrected chi connectivity index (χ4v) is 1.83. The highest BCUT2D eigenvalue weighted by Gasteiger charge is 2.17. The summed E-state index contributed by atoms with van der Waals surface area (Å²) in [5.41, 5.74) is 5.21. The maximum Gasteiger partial charge on any atom is 0.237 e. The van der Waals surface area contributed by atoms with Gasteiger partial charge in [0.25, 0.3) is 0 Å². The Balaban J connectivity index is 4.20. The number of nitrogens with two attached hydrogens (primary N) is 1. The highest BCUT2D eigenvalue weighted by molar-refractivity contribution is 7.90. The van der Waals surface area contributed by atoms with Gasteiger partial charge >= 0.3 is 0 Å². The van der Waals surface area contributed by atoms with Crippen molar-refractivity contribution in [3.8, 4) is 0 Å². The predicted octanol–water partition coefficient (Wildman–Crippen LogP) is -0.563. The Labute approximate surface area is 78.7 Å². The molecule has 0 aromatic rings. The Morgan fingerprint density at radius 1 is 1.54 bits per heavy atom. The van der Waals surface area contributed by atoms with E-state index in [2.05, 4.69) is 0 Å². The van der Waals surface area contributed by atoms with Gasteiger partial charge in [-0.1, -0.05) is 13.8 Å². The van der Waals surface area contributed by atoms with Gasteiger partial charge in [0, 0.05) is 12.5 Å². The van der Waals surface area contributed by atoms with Gasteiger partial charge in [-0.3, -0.25) is 9.52 Å². The fraction of sp³-hybridized carbons (Fsp3) is 0.857. The predicted molar refractivity (Wildman–Crippen MR) is 50.4 cm³/mol. The summed E-state index contributed by atoms with van der Waals surface area (Å²) in [5.74, 6) is -1.03. The van der Waals surface area contributed by atoms with E-state index >= 15 is 0 Å². The molecule has 78 valence electrons. The van der Waals surface area contributed by atoms with Crippen molar-refractivity contribution >= 4 is 15.9 Å². The maximum atomic E-state index is 11.1. The molecule has 5 nitrogen and oxygen atoms in total. The zero-order valence-electron chi connectivity index (χ0n) is 7.91. The lowest BCUT2D eigenvalue weighted by Crippen LogP contribution is -2.38. The molecule has 0 spiro atoms. The Morgan fingerprint density at radius 3 is 2.46 bits per heavy atom. The number of rotatable bonds is 5. The first-order chi connectivity index (χ1) is 5.93. The average molecular weight is 208 g/mol. The second-order valence-corrected chi connectivity index (χ2v) is 4.76. The molecule has 0 heterocycles. The minimum atomic E-state index is -3.44. The second-order valence-electron chi connectivity index (χ2n) is 2.92. The molecule has 1 unspecified atom stereocenters. The molecule has 1 amide bonds. The van der Waals surface area contributed by atoms with Gasteiger partial charge < -0.3 is 5.73 Å². The first-order valence-corrected chi connectivity index (χ1v) is 5.82. The largest absolute Gasteiger partial charge is 0.330 e. The third kappa shape index (κ3) is 4.84. The van der Waals surface area contributed by atoms with Crippen molar-refractivity contribution in [1.29, 1.82) is 0 Å². The van der Waals surface area contributed by atoms with Crippen LogP contribution in [0.1, 0.15) is 20.3 Å². The molecule has 1 atom stereocenters. The highest BCUT2D eigenvalue weighted by atomic mass is 32.2. The van der Waals surface area contributed by atoms with Crippen LogP contribution in [0.4, 0.5) is 0 Å². The summed E-state index contributed by atoms with van der Waals surface area (Å²) >= 11 is 0. The molecule has 0 bridgehead atoms. The first-order valence-electron chi connectivity index (χ1n) is 4.17. The third-order valence-corrected chi connectivity index (χ3v) is 2.99. The SMILES string of the molecule is CCCS(=O)(=O)NC(=O)C(C)CN. The van der Waals surface area contributed by atoms with Crippen molar-refractivity contribution < 1.29 is 13.2 Å². The van der Waals surface area contributed by atoms with Crippen molar-refractivity contribution in [2.75, 3.05) is 12.3 Å². The maximum absolute atomic E-state index is 11.1. The van der Waals surface area contributed by atoms with Crippen LogP contribution >= 0.6 is 0 Å². The van der Waals surface area contributed by atoms with Gasteiger partial charge in [-0.2, -0.15) is 0 Å². The normalized spacial score (nSPS) is 13.8. The molecule has 0 aromatic carbocycles. The minimum Gasteiger partial charge on any atom is -0.330 e. The Morgan fingerprint density at radius 2 is 2.08 bits per heavy atom. The summed E-state index contributed by atoms with van der Waals surface area (Å²) in [6.45, 7) is 3.46. The molecule has 0 aliphatic carbocycles. The van der Waals surface area contributed by atoms with Crippen LogP contribution < -0.4 is 10.5 Å². The minimum absolute atomic E-state index is 0.0317. The topological polar surface area (TPSA) is 89.3 Å². The van der Waals surface area contributed by atoms with E-state index in [-0.39, 0.29) is 12.3 Å². The fourth-order valence-electron chi connectivity index (χ4n) is 0.681. The van der Waals surface area contributed by atoms with Crippen LogP contribution in [0.15, 0.2) is 0 Å². The quantitative estimate of drug-likeness (QED) is 0.633. The van der Waals surface area contributed by atoms with Gasteiger partial charge in [0.1, 0.15) is 0 Å². The van der Waals surface area contributed by atoms with Crippen molar-refractivity contribution in [3.05, 3.63) is 0 Å². The van der Waals surface area contributed by atoms with Gasteiger partial charge in [-0.05, 0) is 6.42 Å². The van der Waals surface area contributed by atoms with E-state index in [0.29, 0.717) is 6.42 Å².